The zero-order chi connectivity index (χ0) is 23.9. The molecule has 0 aromatic heterocycles. The first-order valence-electron chi connectivity index (χ1n) is 11.2. The number of aliphatic imine (C=N–C) groups is 1. The minimum Gasteiger partial charge on any atom is -0.488 e. The SMILES string of the molecule is CCN(CC)c1ccc(/C=C2\SC(=Nc3ccccc3)NC2=O)c(OCc2ccc(I)cc2)c1. The highest BCUT2D eigenvalue weighted by Crippen LogP contribution is 2.33. The van der Waals surface area contributed by atoms with Gasteiger partial charge in [0.05, 0.1) is 10.6 Å². The first kappa shape index (κ1) is 24.3. The van der Waals surface area contributed by atoms with E-state index < -0.39 is 0 Å². The highest BCUT2D eigenvalue weighted by atomic mass is 127. The number of nitrogens with one attached hydrogen (secondary N) is 1. The summed E-state index contributed by atoms with van der Waals surface area (Å²) < 4.78 is 7.45. The average Bonchev–Trinajstić information content (AvgIpc) is 3.19. The third kappa shape index (κ3) is 6.21. The van der Waals surface area contributed by atoms with Gasteiger partial charge in [0.15, 0.2) is 5.17 Å². The van der Waals surface area contributed by atoms with E-state index in [1.807, 2.05) is 42.5 Å². The Morgan fingerprint density at radius 1 is 1.03 bits per heavy atom. The van der Waals surface area contributed by atoms with E-state index in [0.717, 1.165) is 41.3 Å². The van der Waals surface area contributed by atoms with Crippen molar-refractivity contribution in [2.75, 3.05) is 18.0 Å². The Kier molecular flexibility index (Phi) is 8.29. The molecule has 7 heteroatoms. The van der Waals surface area contributed by atoms with E-state index in [9.17, 15) is 4.79 Å². The number of benzene rings is 3. The fourth-order valence-electron chi connectivity index (χ4n) is 3.54. The molecule has 1 N–H and O–H groups in total. The van der Waals surface area contributed by atoms with E-state index in [1.165, 1.54) is 15.3 Å². The molecule has 0 spiro atoms. The summed E-state index contributed by atoms with van der Waals surface area (Å²) in [6.07, 6.45) is 1.88. The Morgan fingerprint density at radius 3 is 2.47 bits per heavy atom. The number of anilines is 1. The lowest BCUT2D eigenvalue weighted by Gasteiger charge is -2.22. The molecule has 0 unspecified atom stereocenters. The van der Waals surface area contributed by atoms with Crippen molar-refractivity contribution in [3.05, 3.63) is 92.4 Å². The van der Waals surface area contributed by atoms with Gasteiger partial charge in [-0.3, -0.25) is 4.79 Å². The van der Waals surface area contributed by atoms with Crippen LogP contribution in [0.15, 0.2) is 82.7 Å². The number of nitrogens with zero attached hydrogens (tertiary/aromatic N) is 2. The fraction of sp³-hybridized carbons (Fsp3) is 0.185. The zero-order valence-corrected chi connectivity index (χ0v) is 22.1. The van der Waals surface area contributed by atoms with Gasteiger partial charge in [-0.25, -0.2) is 4.99 Å². The van der Waals surface area contributed by atoms with Gasteiger partial charge in [0.25, 0.3) is 5.91 Å². The van der Waals surface area contributed by atoms with Crippen molar-refractivity contribution in [1.82, 2.24) is 5.32 Å². The topological polar surface area (TPSA) is 53.9 Å². The third-order valence-corrected chi connectivity index (χ3v) is 6.99. The van der Waals surface area contributed by atoms with Crippen LogP contribution in [0, 0.1) is 3.57 Å². The first-order valence-corrected chi connectivity index (χ1v) is 13.1. The van der Waals surface area contributed by atoms with Crippen molar-refractivity contribution in [1.29, 1.82) is 0 Å². The van der Waals surface area contributed by atoms with Crippen molar-refractivity contribution in [2.24, 2.45) is 4.99 Å². The lowest BCUT2D eigenvalue weighted by atomic mass is 10.1. The van der Waals surface area contributed by atoms with Gasteiger partial charge in [-0.15, -0.1) is 0 Å². The van der Waals surface area contributed by atoms with E-state index in [-0.39, 0.29) is 5.91 Å². The summed E-state index contributed by atoms with van der Waals surface area (Å²) in [4.78, 5) is 20.0. The average molecular weight is 583 g/mol. The Morgan fingerprint density at radius 2 is 1.76 bits per heavy atom. The van der Waals surface area contributed by atoms with Gasteiger partial charge in [0.1, 0.15) is 12.4 Å². The number of ether oxygens (including phenoxy) is 1. The van der Waals surface area contributed by atoms with Crippen molar-refractivity contribution in [3.63, 3.8) is 0 Å². The highest BCUT2D eigenvalue weighted by Gasteiger charge is 2.24. The van der Waals surface area contributed by atoms with Gasteiger partial charge in [0, 0.05) is 34.0 Å². The number of thioether (sulfide) groups is 1. The van der Waals surface area contributed by atoms with Gasteiger partial charge >= 0.3 is 0 Å². The second kappa shape index (κ2) is 11.6. The Hall–Kier alpha value is -2.78. The maximum atomic E-state index is 12.6. The summed E-state index contributed by atoms with van der Waals surface area (Å²) in [6, 6.07) is 24.0. The smallest absolute Gasteiger partial charge is 0.264 e. The quantitative estimate of drug-likeness (QED) is 0.240. The molecule has 1 amide bonds. The van der Waals surface area contributed by atoms with Crippen LogP contribution in [0.3, 0.4) is 0 Å². The number of carbonyl (C=O) groups is 1. The summed E-state index contributed by atoms with van der Waals surface area (Å²) in [5, 5.41) is 3.43. The van der Waals surface area contributed by atoms with Crippen LogP contribution in [0.5, 0.6) is 5.75 Å². The molecule has 3 aromatic rings. The number of amidine groups is 1. The molecule has 1 fully saturated rings. The number of hydrogen-bond donors (Lipinski definition) is 1. The molecule has 5 nitrogen and oxygen atoms in total. The molecule has 0 saturated carbocycles. The Bertz CT molecular complexity index is 1210. The van der Waals surface area contributed by atoms with Crippen LogP contribution in [0.1, 0.15) is 25.0 Å². The lowest BCUT2D eigenvalue weighted by molar-refractivity contribution is -0.115. The monoisotopic (exact) mass is 583 g/mol. The fourth-order valence-corrected chi connectivity index (χ4v) is 4.73. The number of carbonyl (C=O) groups excluding carboxylic acids is 1. The zero-order valence-electron chi connectivity index (χ0n) is 19.1. The third-order valence-electron chi connectivity index (χ3n) is 5.36. The molecule has 34 heavy (non-hydrogen) atoms. The summed E-state index contributed by atoms with van der Waals surface area (Å²) >= 11 is 3.63. The highest BCUT2D eigenvalue weighted by molar-refractivity contribution is 14.1. The van der Waals surface area contributed by atoms with Crippen LogP contribution in [0.2, 0.25) is 0 Å². The lowest BCUT2D eigenvalue weighted by Crippen LogP contribution is -2.21. The molecular formula is C27H26IN3O2S. The summed E-state index contributed by atoms with van der Waals surface area (Å²) in [5.74, 6) is 0.591. The molecule has 174 valence electrons. The standard InChI is InChI=1S/C27H26IN3O2S/c1-3-31(4-2)23-15-12-20(24(17-23)33-18-19-10-13-21(28)14-11-19)16-25-26(32)30-27(34-25)29-22-8-6-5-7-9-22/h5-17H,3-4,18H2,1-2H3,(H,29,30,32)/b25-16-. The summed E-state index contributed by atoms with van der Waals surface area (Å²) in [7, 11) is 0. The molecule has 0 aliphatic carbocycles. The normalized spacial score (nSPS) is 15.6. The number of hydrogen-bond acceptors (Lipinski definition) is 5. The number of rotatable bonds is 8. The Labute approximate surface area is 218 Å². The van der Waals surface area contributed by atoms with Gasteiger partial charge < -0.3 is 15.0 Å². The molecular weight excluding hydrogens is 557 g/mol. The van der Waals surface area contributed by atoms with E-state index in [1.54, 1.807) is 0 Å². The van der Waals surface area contributed by atoms with E-state index in [0.29, 0.717) is 16.7 Å². The molecule has 1 aliphatic heterocycles. The van der Waals surface area contributed by atoms with Crippen molar-refractivity contribution in [2.45, 2.75) is 20.5 Å². The van der Waals surface area contributed by atoms with Crippen LogP contribution < -0.4 is 15.0 Å². The molecule has 0 radical (unpaired) electrons. The van der Waals surface area contributed by atoms with Gasteiger partial charge in [-0.2, -0.15) is 0 Å². The van der Waals surface area contributed by atoms with Gasteiger partial charge in [-0.1, -0.05) is 30.3 Å². The predicted octanol–water partition coefficient (Wildman–Crippen LogP) is 6.61. The van der Waals surface area contributed by atoms with Crippen LogP contribution in [0.4, 0.5) is 11.4 Å². The van der Waals surface area contributed by atoms with Gasteiger partial charge in [0.2, 0.25) is 0 Å². The van der Waals surface area contributed by atoms with Crippen LogP contribution in [0.25, 0.3) is 6.08 Å². The predicted molar refractivity (Wildman–Crippen MR) is 151 cm³/mol. The maximum absolute atomic E-state index is 12.6. The number of para-hydroxylation sites is 1. The van der Waals surface area contributed by atoms with E-state index in [2.05, 4.69) is 88.0 Å². The molecule has 0 atom stereocenters. The van der Waals surface area contributed by atoms with Crippen LogP contribution in [-0.2, 0) is 11.4 Å². The van der Waals surface area contributed by atoms with Crippen LogP contribution in [-0.4, -0.2) is 24.2 Å². The number of halogens is 1. The minimum atomic E-state index is -0.156. The Balaban J connectivity index is 1.61. The van der Waals surface area contributed by atoms with E-state index >= 15 is 0 Å². The molecule has 4 rings (SSSR count). The van der Waals surface area contributed by atoms with Crippen molar-refractivity contribution in [3.8, 4) is 5.75 Å². The molecule has 1 aliphatic rings. The van der Waals surface area contributed by atoms with Gasteiger partial charge in [-0.05, 0) is 96.2 Å². The molecule has 0 bridgehead atoms. The molecule has 3 aromatic carbocycles. The minimum absolute atomic E-state index is 0.156. The second-order valence-electron chi connectivity index (χ2n) is 7.63. The largest absolute Gasteiger partial charge is 0.488 e. The first-order chi connectivity index (χ1) is 16.6. The van der Waals surface area contributed by atoms with Crippen LogP contribution >= 0.6 is 34.4 Å². The van der Waals surface area contributed by atoms with Crippen molar-refractivity contribution < 1.29 is 9.53 Å². The van der Waals surface area contributed by atoms with Crippen molar-refractivity contribution >= 4 is 62.9 Å². The number of amides is 1. The molecule has 1 heterocycles. The van der Waals surface area contributed by atoms with E-state index in [4.69, 9.17) is 4.74 Å². The summed E-state index contributed by atoms with van der Waals surface area (Å²) in [5.41, 5.74) is 3.86. The summed E-state index contributed by atoms with van der Waals surface area (Å²) in [6.45, 7) is 6.54. The maximum Gasteiger partial charge on any atom is 0.264 e. The second-order valence-corrected chi connectivity index (χ2v) is 9.90. The molecule has 1 saturated heterocycles.